The Morgan fingerprint density at radius 3 is 3.00 bits per heavy atom. The van der Waals surface area contributed by atoms with Crippen LogP contribution in [-0.2, 0) is 11.2 Å². The number of aliphatic imine (C=N–C) groups is 1. The van der Waals surface area contributed by atoms with Crippen LogP contribution in [0.5, 0.6) is 0 Å². The topological polar surface area (TPSA) is 84.6 Å². The highest BCUT2D eigenvalue weighted by molar-refractivity contribution is 6.30. The fraction of sp³-hybridized carbons (Fsp3) is 0.500. The predicted octanol–water partition coefficient (Wildman–Crippen LogP) is 2.67. The van der Waals surface area contributed by atoms with Crippen molar-refractivity contribution in [3.05, 3.63) is 35.2 Å². The van der Waals surface area contributed by atoms with E-state index in [1.54, 1.807) is 7.05 Å². The van der Waals surface area contributed by atoms with Crippen molar-refractivity contribution in [2.75, 3.05) is 26.7 Å². The van der Waals surface area contributed by atoms with Gasteiger partial charge in [0.15, 0.2) is 5.96 Å². The second-order valence-corrected chi connectivity index (χ2v) is 6.96. The van der Waals surface area contributed by atoms with Crippen LogP contribution in [0, 0.1) is 0 Å². The van der Waals surface area contributed by atoms with Gasteiger partial charge in [0.2, 0.25) is 11.7 Å². The molecule has 1 aromatic carbocycles. The molecule has 2 aromatic rings. The molecule has 26 heavy (non-hydrogen) atoms. The van der Waals surface area contributed by atoms with Crippen molar-refractivity contribution in [2.45, 2.75) is 31.8 Å². The standard InChI is InChI=1S/C18H24ClN5O2/c1-18(8-4-10-25-18)12-22-17(20-2)21-9-7-15-23-16(24-26-15)13-5-3-6-14(19)11-13/h3,5-6,11H,4,7-10,12H2,1-2H3,(H2,20,21,22). The van der Waals surface area contributed by atoms with Crippen LogP contribution in [0.3, 0.4) is 0 Å². The second-order valence-electron chi connectivity index (χ2n) is 6.53. The molecule has 1 aliphatic rings. The molecule has 2 N–H and O–H groups in total. The number of nitrogens with one attached hydrogen (secondary N) is 2. The lowest BCUT2D eigenvalue weighted by molar-refractivity contribution is 0.0243. The van der Waals surface area contributed by atoms with E-state index < -0.39 is 0 Å². The Morgan fingerprint density at radius 2 is 2.27 bits per heavy atom. The summed E-state index contributed by atoms with van der Waals surface area (Å²) in [6.45, 7) is 4.31. The lowest BCUT2D eigenvalue weighted by Crippen LogP contribution is -2.45. The van der Waals surface area contributed by atoms with Gasteiger partial charge in [-0.2, -0.15) is 4.98 Å². The van der Waals surface area contributed by atoms with Crippen LogP contribution in [0.1, 0.15) is 25.7 Å². The van der Waals surface area contributed by atoms with Gasteiger partial charge >= 0.3 is 0 Å². The van der Waals surface area contributed by atoms with Crippen LogP contribution in [0.2, 0.25) is 5.02 Å². The van der Waals surface area contributed by atoms with Crippen LogP contribution < -0.4 is 10.6 Å². The van der Waals surface area contributed by atoms with E-state index in [0.717, 1.165) is 37.5 Å². The first-order chi connectivity index (χ1) is 12.6. The van der Waals surface area contributed by atoms with E-state index in [0.29, 0.717) is 29.7 Å². The number of benzene rings is 1. The van der Waals surface area contributed by atoms with Gasteiger partial charge in [0.1, 0.15) is 0 Å². The molecule has 1 atom stereocenters. The first kappa shape index (κ1) is 18.7. The van der Waals surface area contributed by atoms with Crippen molar-refractivity contribution >= 4 is 17.6 Å². The van der Waals surface area contributed by atoms with Gasteiger partial charge in [0.05, 0.1) is 5.60 Å². The van der Waals surface area contributed by atoms with Crippen LogP contribution in [0.25, 0.3) is 11.4 Å². The Bertz CT molecular complexity index is 756. The van der Waals surface area contributed by atoms with Gasteiger partial charge in [0.25, 0.3) is 0 Å². The van der Waals surface area contributed by atoms with E-state index in [-0.39, 0.29) is 5.60 Å². The zero-order valence-electron chi connectivity index (χ0n) is 15.1. The number of nitrogens with zero attached hydrogens (tertiary/aromatic N) is 3. The number of halogens is 1. The predicted molar refractivity (Wildman–Crippen MR) is 101 cm³/mol. The second kappa shape index (κ2) is 8.51. The molecular formula is C18H24ClN5O2. The number of guanidine groups is 1. The summed E-state index contributed by atoms with van der Waals surface area (Å²) in [5.74, 6) is 1.83. The summed E-state index contributed by atoms with van der Waals surface area (Å²) in [7, 11) is 1.75. The van der Waals surface area contributed by atoms with E-state index in [2.05, 4.69) is 32.7 Å². The Hall–Kier alpha value is -2.12. The van der Waals surface area contributed by atoms with Crippen LogP contribution in [0.15, 0.2) is 33.8 Å². The minimum atomic E-state index is -0.115. The zero-order valence-corrected chi connectivity index (χ0v) is 15.8. The highest BCUT2D eigenvalue weighted by Gasteiger charge is 2.29. The molecule has 0 saturated carbocycles. The first-order valence-electron chi connectivity index (χ1n) is 8.75. The van der Waals surface area contributed by atoms with Crippen LogP contribution >= 0.6 is 11.6 Å². The van der Waals surface area contributed by atoms with Gasteiger partial charge in [-0.05, 0) is 31.9 Å². The SMILES string of the molecule is CN=C(NCCc1nc(-c2cccc(Cl)c2)no1)NCC1(C)CCCO1. The number of hydrogen-bond acceptors (Lipinski definition) is 5. The lowest BCUT2D eigenvalue weighted by Gasteiger charge is -2.24. The van der Waals surface area contributed by atoms with E-state index in [1.807, 2.05) is 24.3 Å². The van der Waals surface area contributed by atoms with Crippen LogP contribution in [0.4, 0.5) is 0 Å². The Kier molecular flexibility index (Phi) is 6.11. The molecule has 140 valence electrons. The minimum Gasteiger partial charge on any atom is -0.373 e. The number of rotatable bonds is 6. The molecule has 1 fully saturated rings. The average Bonchev–Trinajstić information content (AvgIpc) is 3.28. The normalized spacial score (nSPS) is 20.3. The van der Waals surface area contributed by atoms with Gasteiger partial charge in [-0.1, -0.05) is 28.9 Å². The van der Waals surface area contributed by atoms with E-state index in [1.165, 1.54) is 0 Å². The van der Waals surface area contributed by atoms with Crippen LogP contribution in [-0.4, -0.2) is 48.4 Å². The molecule has 7 nitrogen and oxygen atoms in total. The summed E-state index contributed by atoms with van der Waals surface area (Å²) in [5.41, 5.74) is 0.721. The molecule has 1 aliphatic heterocycles. The molecule has 0 amide bonds. The third-order valence-electron chi connectivity index (χ3n) is 4.34. The van der Waals surface area contributed by atoms with Crippen molar-refractivity contribution in [1.82, 2.24) is 20.8 Å². The van der Waals surface area contributed by atoms with Crippen molar-refractivity contribution in [3.8, 4) is 11.4 Å². The quantitative estimate of drug-likeness (QED) is 0.594. The largest absolute Gasteiger partial charge is 0.373 e. The molecule has 1 aromatic heterocycles. The zero-order chi connectivity index (χ0) is 18.4. The summed E-state index contributed by atoms with van der Waals surface area (Å²) >= 11 is 6.00. The Labute approximate surface area is 158 Å². The monoisotopic (exact) mass is 377 g/mol. The van der Waals surface area contributed by atoms with E-state index in [9.17, 15) is 0 Å². The third-order valence-corrected chi connectivity index (χ3v) is 4.57. The number of aromatic nitrogens is 2. The molecule has 0 bridgehead atoms. The Balaban J connectivity index is 1.46. The van der Waals surface area contributed by atoms with E-state index in [4.69, 9.17) is 20.9 Å². The first-order valence-corrected chi connectivity index (χ1v) is 9.13. The third kappa shape index (κ3) is 4.95. The molecule has 2 heterocycles. The van der Waals surface area contributed by atoms with Crippen molar-refractivity contribution < 1.29 is 9.26 Å². The molecule has 0 aliphatic carbocycles. The van der Waals surface area contributed by atoms with Crippen molar-refractivity contribution in [2.24, 2.45) is 4.99 Å². The molecule has 3 rings (SSSR count). The molecule has 0 radical (unpaired) electrons. The maximum Gasteiger partial charge on any atom is 0.228 e. The smallest absolute Gasteiger partial charge is 0.228 e. The fourth-order valence-electron chi connectivity index (χ4n) is 2.86. The number of ether oxygens (including phenoxy) is 1. The summed E-state index contributed by atoms with van der Waals surface area (Å²) in [6, 6.07) is 7.38. The van der Waals surface area contributed by atoms with Gasteiger partial charge in [0, 0.05) is 43.8 Å². The molecule has 1 unspecified atom stereocenters. The fourth-order valence-corrected chi connectivity index (χ4v) is 3.05. The molecular weight excluding hydrogens is 354 g/mol. The van der Waals surface area contributed by atoms with Gasteiger partial charge < -0.3 is 19.9 Å². The summed E-state index contributed by atoms with van der Waals surface area (Å²) in [4.78, 5) is 8.64. The van der Waals surface area contributed by atoms with Gasteiger partial charge in [-0.3, -0.25) is 4.99 Å². The molecule has 0 spiro atoms. The van der Waals surface area contributed by atoms with Crippen molar-refractivity contribution in [3.63, 3.8) is 0 Å². The molecule has 1 saturated heterocycles. The maximum absolute atomic E-state index is 6.00. The summed E-state index contributed by atoms with van der Waals surface area (Å²) in [6.07, 6.45) is 2.77. The highest BCUT2D eigenvalue weighted by Crippen LogP contribution is 2.23. The highest BCUT2D eigenvalue weighted by atomic mass is 35.5. The van der Waals surface area contributed by atoms with Gasteiger partial charge in [-0.25, -0.2) is 0 Å². The number of hydrogen-bond donors (Lipinski definition) is 2. The van der Waals surface area contributed by atoms with E-state index >= 15 is 0 Å². The Morgan fingerprint density at radius 1 is 1.38 bits per heavy atom. The van der Waals surface area contributed by atoms with Crippen molar-refractivity contribution in [1.29, 1.82) is 0 Å². The summed E-state index contributed by atoms with van der Waals surface area (Å²) in [5, 5.41) is 11.2. The van der Waals surface area contributed by atoms with Gasteiger partial charge in [-0.15, -0.1) is 0 Å². The maximum atomic E-state index is 6.00. The minimum absolute atomic E-state index is 0.115. The molecule has 8 heteroatoms. The average molecular weight is 378 g/mol. The lowest BCUT2D eigenvalue weighted by atomic mass is 10.0. The summed E-state index contributed by atoms with van der Waals surface area (Å²) < 4.78 is 11.1.